The van der Waals surface area contributed by atoms with E-state index in [-0.39, 0.29) is 0 Å². The lowest BCUT2D eigenvalue weighted by molar-refractivity contribution is 1.28. The van der Waals surface area contributed by atoms with Crippen molar-refractivity contribution in [3.05, 3.63) is 334 Å². The van der Waals surface area contributed by atoms with Crippen molar-refractivity contribution < 1.29 is 0 Å². The Kier molecular flexibility index (Phi) is 13.1. The first-order valence-corrected chi connectivity index (χ1v) is 28.9. The molecule has 13 rings (SSSR count). The van der Waals surface area contributed by atoms with Crippen LogP contribution in [0.1, 0.15) is 0 Å². The summed E-state index contributed by atoms with van der Waals surface area (Å²) in [5.74, 6) is 0. The summed E-state index contributed by atoms with van der Waals surface area (Å²) in [5, 5.41) is 7.86. The van der Waals surface area contributed by atoms with E-state index in [2.05, 4.69) is 339 Å². The minimum atomic E-state index is -2.70. The molecule has 78 heavy (non-hydrogen) atoms. The third-order valence-corrected chi connectivity index (χ3v) is 20.2. The van der Waals surface area contributed by atoms with Crippen molar-refractivity contribution in [1.29, 1.82) is 0 Å². The Labute approximate surface area is 459 Å². The lowest BCUT2D eigenvalue weighted by Crippen LogP contribution is -2.74. The van der Waals surface area contributed by atoms with Gasteiger partial charge in [-0.15, -0.1) is 0 Å². The molecule has 0 aromatic heterocycles. The van der Waals surface area contributed by atoms with Crippen LogP contribution in [0.5, 0.6) is 0 Å². The van der Waals surface area contributed by atoms with Gasteiger partial charge < -0.3 is 4.90 Å². The minimum absolute atomic E-state index is 1.09. The second kappa shape index (κ2) is 21.4. The zero-order chi connectivity index (χ0) is 52.1. The number of para-hydroxylation sites is 1. The largest absolute Gasteiger partial charge is 0.311 e. The minimum Gasteiger partial charge on any atom is -0.311 e. The lowest BCUT2D eigenvalue weighted by Gasteiger charge is -2.35. The average Bonchev–Trinajstić information content (AvgIpc) is 3.67. The van der Waals surface area contributed by atoms with E-state index in [1.807, 2.05) is 0 Å². The Morgan fingerprint density at radius 3 is 1.01 bits per heavy atom. The van der Waals surface area contributed by atoms with Gasteiger partial charge in [-0.2, -0.15) is 0 Å². The highest BCUT2D eigenvalue weighted by Crippen LogP contribution is 2.53. The molecule has 0 saturated carbocycles. The average molecular weight is 1010 g/mol. The molecule has 0 amide bonds. The topological polar surface area (TPSA) is 3.24 Å². The van der Waals surface area contributed by atoms with E-state index in [0.717, 1.165) is 33.8 Å². The molecule has 0 aliphatic heterocycles. The Bertz CT molecular complexity index is 4020. The zero-order valence-electron chi connectivity index (χ0n) is 43.2. The lowest BCUT2D eigenvalue weighted by atomic mass is 9.77. The van der Waals surface area contributed by atoms with Crippen LogP contribution in [0.3, 0.4) is 0 Å². The fraction of sp³-hybridized carbons (Fsp3) is 0. The zero-order valence-corrected chi connectivity index (χ0v) is 44.2. The summed E-state index contributed by atoms with van der Waals surface area (Å²) in [7, 11) is -2.70. The van der Waals surface area contributed by atoms with Crippen LogP contribution >= 0.6 is 0 Å². The number of benzene rings is 13. The SMILES string of the molecule is c1ccc(-c2c(-c3ccccc3)c(-c3ccccc3)c3c(-c4cccc(-c5ccc(N(c6ccccc6)c6ccc([Si](c7ccccc7)(c7ccccc7)c7ccccc7)cc6)cc5)c4)cccc3c2-c2ccccc2)cc1. The molecule has 0 fully saturated rings. The molecule has 0 atom stereocenters. The van der Waals surface area contributed by atoms with Crippen LogP contribution in [0, 0.1) is 0 Å². The Hall–Kier alpha value is -9.86. The summed E-state index contributed by atoms with van der Waals surface area (Å²) in [6, 6.07) is 123. The van der Waals surface area contributed by atoms with Gasteiger partial charge in [-0.05, 0) is 141 Å². The van der Waals surface area contributed by atoms with Gasteiger partial charge in [-0.1, -0.05) is 291 Å². The molecular weight excluding hydrogens is 955 g/mol. The van der Waals surface area contributed by atoms with E-state index >= 15 is 0 Å². The first-order valence-electron chi connectivity index (χ1n) is 26.9. The summed E-state index contributed by atoms with van der Waals surface area (Å²) < 4.78 is 0. The molecule has 13 aromatic carbocycles. The van der Waals surface area contributed by atoms with Gasteiger partial charge in [0.25, 0.3) is 0 Å². The molecule has 0 bridgehead atoms. The van der Waals surface area contributed by atoms with Gasteiger partial charge in [0.05, 0.1) is 0 Å². The molecule has 0 radical (unpaired) electrons. The normalized spacial score (nSPS) is 11.3. The highest BCUT2D eigenvalue weighted by atomic mass is 28.3. The number of nitrogens with zero attached hydrogens (tertiary/aromatic N) is 1. The second-order valence-corrected chi connectivity index (χ2v) is 23.7. The van der Waals surface area contributed by atoms with Gasteiger partial charge in [0, 0.05) is 17.1 Å². The molecular formula is C76H55NSi. The van der Waals surface area contributed by atoms with Crippen LogP contribution in [0.2, 0.25) is 0 Å². The fourth-order valence-corrected chi connectivity index (χ4v) is 16.7. The van der Waals surface area contributed by atoms with Gasteiger partial charge in [-0.25, -0.2) is 0 Å². The van der Waals surface area contributed by atoms with E-state index in [9.17, 15) is 0 Å². The van der Waals surface area contributed by atoms with Gasteiger partial charge in [0.2, 0.25) is 0 Å². The van der Waals surface area contributed by atoms with Crippen molar-refractivity contribution in [3.63, 3.8) is 0 Å². The second-order valence-electron chi connectivity index (χ2n) is 19.9. The van der Waals surface area contributed by atoms with Gasteiger partial charge in [0.1, 0.15) is 0 Å². The van der Waals surface area contributed by atoms with Crippen LogP contribution in [0.4, 0.5) is 17.1 Å². The van der Waals surface area contributed by atoms with Gasteiger partial charge >= 0.3 is 0 Å². The summed E-state index contributed by atoms with van der Waals surface area (Å²) in [6.45, 7) is 0. The van der Waals surface area contributed by atoms with Crippen LogP contribution in [0.25, 0.3) is 77.5 Å². The van der Waals surface area contributed by atoms with Crippen molar-refractivity contribution in [2.45, 2.75) is 0 Å². The maximum Gasteiger partial charge on any atom is 0.179 e. The van der Waals surface area contributed by atoms with Gasteiger partial charge in [-0.3, -0.25) is 0 Å². The van der Waals surface area contributed by atoms with Crippen molar-refractivity contribution in [2.75, 3.05) is 4.90 Å². The quantitative estimate of drug-likeness (QED) is 0.0822. The van der Waals surface area contributed by atoms with Crippen molar-refractivity contribution in [1.82, 2.24) is 0 Å². The van der Waals surface area contributed by atoms with Gasteiger partial charge in [0.15, 0.2) is 8.07 Å². The molecule has 1 nitrogen and oxygen atoms in total. The molecule has 0 unspecified atom stereocenters. The van der Waals surface area contributed by atoms with E-state index in [1.54, 1.807) is 0 Å². The Morgan fingerprint density at radius 1 is 0.205 bits per heavy atom. The number of hydrogen-bond donors (Lipinski definition) is 0. The Morgan fingerprint density at radius 2 is 0.538 bits per heavy atom. The molecule has 0 N–H and O–H groups in total. The van der Waals surface area contributed by atoms with Crippen LogP contribution in [0.15, 0.2) is 334 Å². The summed E-state index contributed by atoms with van der Waals surface area (Å²) >= 11 is 0. The Balaban J connectivity index is 0.942. The molecule has 0 aliphatic rings. The van der Waals surface area contributed by atoms with Crippen molar-refractivity contribution >= 4 is 56.7 Å². The summed E-state index contributed by atoms with van der Waals surface area (Å²) in [5.41, 5.74) is 17.6. The number of rotatable bonds is 13. The number of anilines is 3. The number of fused-ring (bicyclic) bond motifs is 1. The van der Waals surface area contributed by atoms with E-state index in [1.165, 1.54) is 81.6 Å². The van der Waals surface area contributed by atoms with Crippen molar-refractivity contribution in [3.8, 4) is 66.8 Å². The monoisotopic (exact) mass is 1010 g/mol. The maximum atomic E-state index is 2.38. The highest BCUT2D eigenvalue weighted by molar-refractivity contribution is 7.19. The summed E-state index contributed by atoms with van der Waals surface area (Å²) in [4.78, 5) is 2.38. The summed E-state index contributed by atoms with van der Waals surface area (Å²) in [6.07, 6.45) is 0. The third-order valence-electron chi connectivity index (χ3n) is 15.4. The van der Waals surface area contributed by atoms with Crippen molar-refractivity contribution in [2.24, 2.45) is 0 Å². The predicted octanol–water partition coefficient (Wildman–Crippen LogP) is 17.7. The molecule has 0 aliphatic carbocycles. The molecule has 13 aromatic rings. The third kappa shape index (κ3) is 8.84. The first-order chi connectivity index (χ1) is 38.7. The maximum absolute atomic E-state index is 2.70. The van der Waals surface area contributed by atoms with Crippen LogP contribution in [-0.2, 0) is 0 Å². The molecule has 0 spiro atoms. The fourth-order valence-electron chi connectivity index (χ4n) is 12.0. The highest BCUT2D eigenvalue weighted by Gasteiger charge is 2.41. The van der Waals surface area contributed by atoms with Crippen LogP contribution < -0.4 is 25.6 Å². The predicted molar refractivity (Wildman–Crippen MR) is 335 cm³/mol. The van der Waals surface area contributed by atoms with E-state index < -0.39 is 8.07 Å². The first kappa shape index (κ1) is 47.8. The van der Waals surface area contributed by atoms with E-state index in [0.29, 0.717) is 0 Å². The molecule has 368 valence electrons. The molecule has 0 heterocycles. The standard InChI is InChI=1S/C76H55NSi/c1-9-27-57(28-10-1)72-71-46-26-45-70(76(71)75(60-33-15-4-16-34-60)74(59-31-13-3-14-32-59)73(72)58-29-11-2-12-30-58)62-36-25-35-61(55-62)56-47-49-64(50-48-56)77(63-37-17-5-18-38-63)65-51-53-69(54-52-65)78(66-39-19-6-20-40-66,67-41-21-7-22-42-67)68-43-23-8-24-44-68/h1-55H. The smallest absolute Gasteiger partial charge is 0.179 e. The van der Waals surface area contributed by atoms with Crippen LogP contribution in [-0.4, -0.2) is 8.07 Å². The molecule has 2 heteroatoms. The molecule has 0 saturated heterocycles. The number of hydrogen-bond acceptors (Lipinski definition) is 1. The van der Waals surface area contributed by atoms with E-state index in [4.69, 9.17) is 0 Å².